The Kier molecular flexibility index (Phi) is 3.67. The van der Waals surface area contributed by atoms with Gasteiger partial charge in [0.25, 0.3) is 5.91 Å². The largest absolute Gasteiger partial charge is 0.506 e. The summed E-state index contributed by atoms with van der Waals surface area (Å²) in [7, 11) is 0. The van der Waals surface area contributed by atoms with Crippen LogP contribution in [0.3, 0.4) is 0 Å². The number of hydrogen-bond acceptors (Lipinski definition) is 2. The van der Waals surface area contributed by atoms with Crippen LogP contribution in [0, 0.1) is 6.92 Å². The first kappa shape index (κ1) is 12.6. The molecular weight excluding hydrogens is 294 g/mol. The lowest BCUT2D eigenvalue weighted by Crippen LogP contribution is -2.12. The molecule has 2 N–H and O–H groups in total. The normalized spacial score (nSPS) is 10.1. The van der Waals surface area contributed by atoms with Gasteiger partial charge >= 0.3 is 0 Å². The first-order chi connectivity index (χ1) is 8.58. The number of hydrogen-bond donors (Lipinski definition) is 2. The zero-order chi connectivity index (χ0) is 13.1. The van der Waals surface area contributed by atoms with Crippen LogP contribution in [0.1, 0.15) is 15.9 Å². The predicted molar refractivity (Wildman–Crippen MR) is 74.9 cm³/mol. The second-order valence-corrected chi connectivity index (χ2v) is 4.81. The van der Waals surface area contributed by atoms with Gasteiger partial charge in [0.2, 0.25) is 0 Å². The van der Waals surface area contributed by atoms with Crippen molar-refractivity contribution in [2.24, 2.45) is 0 Å². The molecule has 0 aliphatic heterocycles. The molecule has 0 heterocycles. The lowest BCUT2D eigenvalue weighted by atomic mass is 10.1. The topological polar surface area (TPSA) is 49.3 Å². The number of phenolic OH excluding ortho intramolecular Hbond substituents is 1. The fourth-order valence-corrected chi connectivity index (χ4v) is 1.90. The number of amides is 1. The Morgan fingerprint density at radius 3 is 2.50 bits per heavy atom. The van der Waals surface area contributed by atoms with Gasteiger partial charge in [-0.2, -0.15) is 0 Å². The lowest BCUT2D eigenvalue weighted by Gasteiger charge is -2.08. The molecule has 2 aromatic carbocycles. The van der Waals surface area contributed by atoms with Gasteiger partial charge < -0.3 is 10.4 Å². The average molecular weight is 306 g/mol. The van der Waals surface area contributed by atoms with Gasteiger partial charge in [-0.25, -0.2) is 0 Å². The number of aromatic hydroxyl groups is 1. The van der Waals surface area contributed by atoms with Crippen molar-refractivity contribution in [1.82, 2.24) is 0 Å². The van der Waals surface area contributed by atoms with Gasteiger partial charge in [-0.05, 0) is 47.1 Å². The number of anilines is 1. The maximum atomic E-state index is 12.0. The van der Waals surface area contributed by atoms with Gasteiger partial charge in [-0.3, -0.25) is 4.79 Å². The minimum Gasteiger partial charge on any atom is -0.506 e. The third kappa shape index (κ3) is 2.71. The van der Waals surface area contributed by atoms with Crippen LogP contribution in [0.4, 0.5) is 5.69 Å². The summed E-state index contributed by atoms with van der Waals surface area (Å²) in [5.74, 6) is -0.389. The number of rotatable bonds is 2. The van der Waals surface area contributed by atoms with Gasteiger partial charge in [0.05, 0.1) is 10.0 Å². The Hall–Kier alpha value is -1.81. The predicted octanol–water partition coefficient (Wildman–Crippen LogP) is 3.72. The molecule has 0 unspecified atom stereocenters. The number of halogens is 1. The van der Waals surface area contributed by atoms with Crippen LogP contribution >= 0.6 is 15.9 Å². The van der Waals surface area contributed by atoms with Crippen LogP contribution in [0.2, 0.25) is 0 Å². The molecule has 18 heavy (non-hydrogen) atoms. The van der Waals surface area contributed by atoms with E-state index in [0.717, 1.165) is 5.56 Å². The maximum Gasteiger partial charge on any atom is 0.259 e. The van der Waals surface area contributed by atoms with Gasteiger partial charge in [0.1, 0.15) is 5.75 Å². The molecule has 0 bridgehead atoms. The van der Waals surface area contributed by atoms with E-state index in [9.17, 15) is 9.90 Å². The summed E-state index contributed by atoms with van der Waals surface area (Å²) < 4.78 is 0.499. The zero-order valence-corrected chi connectivity index (χ0v) is 11.4. The monoisotopic (exact) mass is 305 g/mol. The van der Waals surface area contributed by atoms with Crippen LogP contribution < -0.4 is 5.32 Å². The van der Waals surface area contributed by atoms with Crippen molar-refractivity contribution in [3.05, 3.63) is 58.1 Å². The molecule has 0 radical (unpaired) electrons. The van der Waals surface area contributed by atoms with Crippen molar-refractivity contribution in [2.45, 2.75) is 6.92 Å². The molecule has 0 fully saturated rings. The van der Waals surface area contributed by atoms with Crippen molar-refractivity contribution in [3.63, 3.8) is 0 Å². The summed E-state index contributed by atoms with van der Waals surface area (Å²) in [6.07, 6.45) is 0. The molecule has 1 amide bonds. The number of para-hydroxylation sites is 1. The summed E-state index contributed by atoms with van der Waals surface area (Å²) in [6, 6.07) is 12.4. The van der Waals surface area contributed by atoms with E-state index >= 15 is 0 Å². The van der Waals surface area contributed by atoms with E-state index < -0.39 is 0 Å². The van der Waals surface area contributed by atoms with Crippen LogP contribution in [-0.4, -0.2) is 11.0 Å². The van der Waals surface area contributed by atoms with Crippen molar-refractivity contribution in [2.75, 3.05) is 5.32 Å². The standard InChI is InChI=1S/C14H12BrNO2/c1-9-5-7-10(8-6-9)16-14(18)11-3-2-4-12(15)13(11)17/h2-8,17H,1H3,(H,16,18). The van der Waals surface area contributed by atoms with E-state index in [0.29, 0.717) is 10.2 Å². The van der Waals surface area contributed by atoms with E-state index in [-0.39, 0.29) is 17.2 Å². The fraction of sp³-hybridized carbons (Fsp3) is 0.0714. The summed E-state index contributed by atoms with van der Waals surface area (Å²) in [5, 5.41) is 12.5. The highest BCUT2D eigenvalue weighted by Crippen LogP contribution is 2.27. The van der Waals surface area contributed by atoms with E-state index in [1.165, 1.54) is 0 Å². The first-order valence-corrected chi connectivity index (χ1v) is 6.23. The molecule has 0 aliphatic rings. The van der Waals surface area contributed by atoms with Crippen LogP contribution in [0.25, 0.3) is 0 Å². The molecule has 92 valence electrons. The fourth-order valence-electron chi connectivity index (χ4n) is 1.53. The molecule has 3 nitrogen and oxygen atoms in total. The SMILES string of the molecule is Cc1ccc(NC(=O)c2cccc(Br)c2O)cc1. The minimum absolute atomic E-state index is 0.0536. The molecule has 0 aromatic heterocycles. The third-order valence-electron chi connectivity index (χ3n) is 2.54. The molecular formula is C14H12BrNO2. The van der Waals surface area contributed by atoms with Crippen molar-refractivity contribution in [1.29, 1.82) is 0 Å². The Labute approximate surface area is 114 Å². The molecule has 0 saturated heterocycles. The highest BCUT2D eigenvalue weighted by molar-refractivity contribution is 9.10. The van der Waals surface area contributed by atoms with Gasteiger partial charge in [-0.15, -0.1) is 0 Å². The van der Waals surface area contributed by atoms with E-state index in [1.807, 2.05) is 31.2 Å². The highest BCUT2D eigenvalue weighted by atomic mass is 79.9. The number of carbonyl (C=O) groups is 1. The molecule has 0 spiro atoms. The summed E-state index contributed by atoms with van der Waals surface area (Å²) >= 11 is 3.18. The number of nitrogens with one attached hydrogen (secondary N) is 1. The van der Waals surface area contributed by atoms with Gasteiger partial charge in [-0.1, -0.05) is 23.8 Å². The number of benzene rings is 2. The third-order valence-corrected chi connectivity index (χ3v) is 3.18. The summed E-state index contributed by atoms with van der Waals surface area (Å²) in [6.45, 7) is 1.98. The molecule has 2 rings (SSSR count). The first-order valence-electron chi connectivity index (χ1n) is 5.43. The molecule has 4 heteroatoms. The molecule has 0 aliphatic carbocycles. The van der Waals surface area contributed by atoms with Crippen molar-refractivity contribution >= 4 is 27.5 Å². The van der Waals surface area contributed by atoms with E-state index in [2.05, 4.69) is 21.2 Å². The Balaban J connectivity index is 2.22. The van der Waals surface area contributed by atoms with Crippen LogP contribution in [0.5, 0.6) is 5.75 Å². The quantitative estimate of drug-likeness (QED) is 0.888. The molecule has 2 aromatic rings. The number of aryl methyl sites for hydroxylation is 1. The molecule has 0 saturated carbocycles. The van der Waals surface area contributed by atoms with E-state index in [4.69, 9.17) is 0 Å². The van der Waals surface area contributed by atoms with Crippen molar-refractivity contribution in [3.8, 4) is 5.75 Å². The average Bonchev–Trinajstić information content (AvgIpc) is 2.35. The Morgan fingerprint density at radius 1 is 1.17 bits per heavy atom. The molecule has 0 atom stereocenters. The van der Waals surface area contributed by atoms with Crippen LogP contribution in [-0.2, 0) is 0 Å². The highest BCUT2D eigenvalue weighted by Gasteiger charge is 2.12. The minimum atomic E-state index is -0.336. The number of phenols is 1. The van der Waals surface area contributed by atoms with E-state index in [1.54, 1.807) is 18.2 Å². The van der Waals surface area contributed by atoms with Crippen LogP contribution in [0.15, 0.2) is 46.9 Å². The zero-order valence-electron chi connectivity index (χ0n) is 9.77. The Bertz CT molecular complexity index is 579. The Morgan fingerprint density at radius 2 is 1.83 bits per heavy atom. The van der Waals surface area contributed by atoms with Gasteiger partial charge in [0.15, 0.2) is 0 Å². The lowest BCUT2D eigenvalue weighted by molar-refractivity contribution is 0.102. The number of carbonyl (C=O) groups excluding carboxylic acids is 1. The summed E-state index contributed by atoms with van der Waals surface area (Å²) in [4.78, 5) is 12.0. The van der Waals surface area contributed by atoms with Crippen molar-refractivity contribution < 1.29 is 9.90 Å². The second kappa shape index (κ2) is 5.23. The smallest absolute Gasteiger partial charge is 0.259 e. The second-order valence-electron chi connectivity index (χ2n) is 3.96. The summed E-state index contributed by atoms with van der Waals surface area (Å²) in [5.41, 5.74) is 2.06. The maximum absolute atomic E-state index is 12.0. The van der Waals surface area contributed by atoms with Gasteiger partial charge in [0, 0.05) is 5.69 Å².